The highest BCUT2D eigenvalue weighted by Crippen LogP contribution is 2.38. The molecule has 162 valence electrons. The minimum absolute atomic E-state index is 0.0289. The number of aromatic nitrogens is 2. The van der Waals surface area contributed by atoms with E-state index in [4.69, 9.17) is 0 Å². The number of hydrogen-bond acceptors (Lipinski definition) is 3. The van der Waals surface area contributed by atoms with Crippen LogP contribution in [-0.2, 0) is 6.54 Å². The Morgan fingerprint density at radius 3 is 2.45 bits per heavy atom. The van der Waals surface area contributed by atoms with Gasteiger partial charge in [-0.3, -0.25) is 4.79 Å². The molecule has 5 rings (SSSR count). The predicted molar refractivity (Wildman–Crippen MR) is 125 cm³/mol. The Labute approximate surface area is 187 Å². The van der Waals surface area contributed by atoms with Gasteiger partial charge in [0.1, 0.15) is 5.69 Å². The number of pyridine rings is 1. The predicted octanol–water partition coefficient (Wildman–Crippen LogP) is 4.59. The fourth-order valence-electron chi connectivity index (χ4n) is 4.37. The van der Waals surface area contributed by atoms with Gasteiger partial charge in [-0.15, -0.1) is 0 Å². The SMILES string of the molecule is O=C(O)c1cccc(Cn2c(C(=O)O)c(-c3ccc[nH]c3=O)c3c4ccccc4ccc32)c1. The van der Waals surface area contributed by atoms with E-state index in [0.29, 0.717) is 22.0 Å². The van der Waals surface area contributed by atoms with Crippen LogP contribution in [0.3, 0.4) is 0 Å². The third kappa shape index (κ3) is 3.36. The monoisotopic (exact) mass is 438 g/mol. The lowest BCUT2D eigenvalue weighted by molar-refractivity contribution is 0.0679. The zero-order chi connectivity index (χ0) is 23.1. The summed E-state index contributed by atoms with van der Waals surface area (Å²) in [6.45, 7) is 0.127. The quantitative estimate of drug-likeness (QED) is 0.371. The Balaban J connectivity index is 1.90. The maximum absolute atomic E-state index is 12.7. The summed E-state index contributed by atoms with van der Waals surface area (Å²) in [5, 5.41) is 22.0. The van der Waals surface area contributed by atoms with Gasteiger partial charge in [0.2, 0.25) is 0 Å². The second kappa shape index (κ2) is 7.80. The zero-order valence-corrected chi connectivity index (χ0v) is 17.3. The van der Waals surface area contributed by atoms with Gasteiger partial charge in [-0.1, -0.05) is 42.5 Å². The van der Waals surface area contributed by atoms with E-state index in [9.17, 15) is 24.6 Å². The van der Waals surface area contributed by atoms with Gasteiger partial charge < -0.3 is 19.8 Å². The fourth-order valence-corrected chi connectivity index (χ4v) is 4.37. The minimum Gasteiger partial charge on any atom is -0.478 e. The molecular formula is C26H18N2O5. The molecule has 0 spiro atoms. The lowest BCUT2D eigenvalue weighted by Crippen LogP contribution is -2.13. The number of carbonyl (C=O) groups is 2. The standard InChI is InChI=1S/C26H18N2O5/c29-24-19(9-4-12-27-24)22-21-18-8-2-1-6-16(18)10-11-20(21)28(23(22)26(32)33)14-15-5-3-7-17(13-15)25(30)31/h1-13H,14H2,(H,27,29)(H,30,31)(H,32,33). The first-order chi connectivity index (χ1) is 16.0. The van der Waals surface area contributed by atoms with Crippen LogP contribution >= 0.6 is 0 Å². The lowest BCUT2D eigenvalue weighted by Gasteiger charge is -2.10. The van der Waals surface area contributed by atoms with Gasteiger partial charge in [0, 0.05) is 23.7 Å². The van der Waals surface area contributed by atoms with Crippen molar-refractivity contribution in [2.75, 3.05) is 0 Å². The summed E-state index contributed by atoms with van der Waals surface area (Å²) >= 11 is 0. The van der Waals surface area contributed by atoms with Crippen LogP contribution in [0.25, 0.3) is 32.8 Å². The van der Waals surface area contributed by atoms with E-state index >= 15 is 0 Å². The number of fused-ring (bicyclic) bond motifs is 3. The molecule has 0 aliphatic carbocycles. The smallest absolute Gasteiger partial charge is 0.353 e. The number of aromatic carboxylic acids is 2. The number of nitrogens with one attached hydrogen (secondary N) is 1. The molecule has 33 heavy (non-hydrogen) atoms. The summed E-state index contributed by atoms with van der Waals surface area (Å²) in [5.74, 6) is -2.24. The molecule has 2 heterocycles. The van der Waals surface area contributed by atoms with E-state index in [1.807, 2.05) is 36.4 Å². The van der Waals surface area contributed by atoms with E-state index in [2.05, 4.69) is 4.98 Å². The van der Waals surface area contributed by atoms with Crippen LogP contribution < -0.4 is 5.56 Å². The van der Waals surface area contributed by atoms with Gasteiger partial charge in [-0.25, -0.2) is 9.59 Å². The minimum atomic E-state index is -1.18. The van der Waals surface area contributed by atoms with Crippen molar-refractivity contribution >= 4 is 33.6 Å². The third-order valence-corrected chi connectivity index (χ3v) is 5.76. The number of carboxylic acid groups (broad SMARTS) is 2. The average molecular weight is 438 g/mol. The van der Waals surface area contributed by atoms with Gasteiger partial charge in [0.25, 0.3) is 5.56 Å². The maximum Gasteiger partial charge on any atom is 0.353 e. The summed E-state index contributed by atoms with van der Waals surface area (Å²) in [5.41, 5.74) is 1.57. The largest absolute Gasteiger partial charge is 0.478 e. The Hall–Kier alpha value is -4.65. The molecule has 5 aromatic rings. The second-order valence-electron chi connectivity index (χ2n) is 7.71. The Morgan fingerprint density at radius 2 is 1.70 bits per heavy atom. The lowest BCUT2D eigenvalue weighted by atomic mass is 9.98. The molecule has 0 fully saturated rings. The van der Waals surface area contributed by atoms with Crippen LogP contribution in [0.15, 0.2) is 83.8 Å². The summed E-state index contributed by atoms with van der Waals surface area (Å²) in [4.78, 5) is 39.4. The summed E-state index contributed by atoms with van der Waals surface area (Å²) in [6, 6.07) is 21.0. The highest BCUT2D eigenvalue weighted by molar-refractivity contribution is 6.18. The molecular weight excluding hydrogens is 420 g/mol. The molecule has 0 atom stereocenters. The van der Waals surface area contributed by atoms with Crippen LogP contribution in [0.1, 0.15) is 26.4 Å². The van der Waals surface area contributed by atoms with Crippen LogP contribution in [0.2, 0.25) is 0 Å². The first kappa shape index (κ1) is 20.3. The highest BCUT2D eigenvalue weighted by Gasteiger charge is 2.26. The molecule has 3 aromatic carbocycles. The first-order valence-electron chi connectivity index (χ1n) is 10.2. The van der Waals surface area contributed by atoms with E-state index in [0.717, 1.165) is 10.8 Å². The number of nitrogens with zero attached hydrogens (tertiary/aromatic N) is 1. The van der Waals surface area contributed by atoms with Crippen molar-refractivity contribution < 1.29 is 19.8 Å². The van der Waals surface area contributed by atoms with E-state index in [-0.39, 0.29) is 28.9 Å². The molecule has 0 saturated carbocycles. The van der Waals surface area contributed by atoms with Gasteiger partial charge >= 0.3 is 11.9 Å². The molecule has 7 nitrogen and oxygen atoms in total. The number of rotatable bonds is 5. The Bertz CT molecular complexity index is 1630. The van der Waals surface area contributed by atoms with Crippen molar-refractivity contribution in [3.05, 3.63) is 106 Å². The van der Waals surface area contributed by atoms with Gasteiger partial charge in [-0.2, -0.15) is 0 Å². The summed E-state index contributed by atoms with van der Waals surface area (Å²) in [7, 11) is 0. The highest BCUT2D eigenvalue weighted by atomic mass is 16.4. The molecule has 0 radical (unpaired) electrons. The Morgan fingerprint density at radius 1 is 0.879 bits per heavy atom. The number of carboxylic acids is 2. The van der Waals surface area contributed by atoms with E-state index in [1.54, 1.807) is 28.8 Å². The molecule has 0 aliphatic heterocycles. The van der Waals surface area contributed by atoms with Crippen LogP contribution in [0.4, 0.5) is 0 Å². The van der Waals surface area contributed by atoms with Crippen molar-refractivity contribution in [3.63, 3.8) is 0 Å². The zero-order valence-electron chi connectivity index (χ0n) is 17.3. The maximum atomic E-state index is 12.7. The molecule has 0 bridgehead atoms. The molecule has 0 unspecified atom stereocenters. The van der Waals surface area contributed by atoms with Crippen LogP contribution in [-0.4, -0.2) is 31.7 Å². The average Bonchev–Trinajstić information content (AvgIpc) is 3.14. The van der Waals surface area contributed by atoms with Crippen LogP contribution in [0.5, 0.6) is 0 Å². The summed E-state index contributed by atoms with van der Waals surface area (Å²) < 4.78 is 1.63. The van der Waals surface area contributed by atoms with Gasteiger partial charge in [0.15, 0.2) is 0 Å². The third-order valence-electron chi connectivity index (χ3n) is 5.76. The topological polar surface area (TPSA) is 112 Å². The van der Waals surface area contributed by atoms with Gasteiger partial charge in [-0.05, 0) is 46.7 Å². The molecule has 0 amide bonds. The normalized spacial score (nSPS) is 11.2. The van der Waals surface area contributed by atoms with Crippen molar-refractivity contribution in [2.45, 2.75) is 6.54 Å². The number of aromatic amines is 1. The first-order valence-corrected chi connectivity index (χ1v) is 10.2. The van der Waals surface area contributed by atoms with Crippen LogP contribution in [0, 0.1) is 0 Å². The van der Waals surface area contributed by atoms with E-state index in [1.165, 1.54) is 18.3 Å². The summed E-state index contributed by atoms with van der Waals surface area (Å²) in [6.07, 6.45) is 1.50. The van der Waals surface area contributed by atoms with Crippen molar-refractivity contribution in [2.24, 2.45) is 0 Å². The molecule has 7 heteroatoms. The van der Waals surface area contributed by atoms with Gasteiger partial charge in [0.05, 0.1) is 16.6 Å². The fraction of sp³-hybridized carbons (Fsp3) is 0.0385. The number of H-pyrrole nitrogens is 1. The van der Waals surface area contributed by atoms with Crippen molar-refractivity contribution in [1.82, 2.24) is 9.55 Å². The number of benzene rings is 3. The van der Waals surface area contributed by atoms with Crippen molar-refractivity contribution in [1.29, 1.82) is 0 Å². The molecule has 3 N–H and O–H groups in total. The molecule has 2 aromatic heterocycles. The Kier molecular flexibility index (Phi) is 4.79. The molecule has 0 saturated heterocycles. The molecule has 0 aliphatic rings. The van der Waals surface area contributed by atoms with E-state index < -0.39 is 11.9 Å². The van der Waals surface area contributed by atoms with Crippen molar-refractivity contribution in [3.8, 4) is 11.1 Å². The second-order valence-corrected chi connectivity index (χ2v) is 7.71. The number of hydrogen-bond donors (Lipinski definition) is 3.